The van der Waals surface area contributed by atoms with E-state index in [0.29, 0.717) is 24.1 Å². The molecule has 0 atom stereocenters. The molecule has 2 aromatic rings. The smallest absolute Gasteiger partial charge is 0.230 e. The molecular weight excluding hydrogens is 342 g/mol. The van der Waals surface area contributed by atoms with E-state index in [0.717, 1.165) is 16.9 Å². The minimum Gasteiger partial charge on any atom is -0.486 e. The molecule has 0 saturated carbocycles. The Morgan fingerprint density at radius 3 is 2.68 bits per heavy atom. The fourth-order valence-electron chi connectivity index (χ4n) is 2.14. The number of rotatable bonds is 9. The molecule has 136 valence electrons. The largest absolute Gasteiger partial charge is 0.486 e. The van der Waals surface area contributed by atoms with Crippen molar-refractivity contribution in [1.29, 1.82) is 0 Å². The lowest BCUT2D eigenvalue weighted by Gasteiger charge is -2.08. The van der Waals surface area contributed by atoms with Crippen molar-refractivity contribution in [1.82, 2.24) is 20.2 Å². The number of carbonyl (C=O) groups is 1. The third kappa shape index (κ3) is 5.95. The first-order valence-corrected chi connectivity index (χ1v) is 8.77. The number of amides is 1. The zero-order valence-electron chi connectivity index (χ0n) is 14.6. The molecule has 1 amide bonds. The number of ether oxygens (including phenoxy) is 2. The fraction of sp³-hybridized carbons (Fsp3) is 0.438. The molecule has 0 aliphatic carbocycles. The van der Waals surface area contributed by atoms with Gasteiger partial charge >= 0.3 is 0 Å². The van der Waals surface area contributed by atoms with Crippen LogP contribution >= 0.6 is 11.8 Å². The summed E-state index contributed by atoms with van der Waals surface area (Å²) in [6, 6.07) is 5.97. The lowest BCUT2D eigenvalue weighted by atomic mass is 10.1. The number of carbonyl (C=O) groups excluding carboxylic acids is 1. The van der Waals surface area contributed by atoms with E-state index < -0.39 is 0 Å². The summed E-state index contributed by atoms with van der Waals surface area (Å²) >= 11 is 1.22. The molecular formula is C16H23N5O3S. The first kappa shape index (κ1) is 19.1. The SMILES string of the molecule is COCCNC(=O)CSc1nnc(COc2cc(C)cc(C)c2)n1N. The molecule has 0 spiro atoms. The van der Waals surface area contributed by atoms with E-state index in [9.17, 15) is 4.79 Å². The fourth-order valence-corrected chi connectivity index (χ4v) is 2.85. The van der Waals surface area contributed by atoms with E-state index in [1.165, 1.54) is 16.4 Å². The summed E-state index contributed by atoms with van der Waals surface area (Å²) in [6.45, 7) is 5.17. The number of aromatic nitrogens is 3. The Labute approximate surface area is 151 Å². The van der Waals surface area contributed by atoms with E-state index in [-0.39, 0.29) is 18.3 Å². The van der Waals surface area contributed by atoms with Crippen molar-refractivity contribution >= 4 is 17.7 Å². The molecule has 0 aliphatic heterocycles. The van der Waals surface area contributed by atoms with Crippen LogP contribution in [0, 0.1) is 13.8 Å². The van der Waals surface area contributed by atoms with E-state index in [1.54, 1.807) is 7.11 Å². The second kappa shape index (κ2) is 9.28. The van der Waals surface area contributed by atoms with Crippen molar-refractivity contribution in [2.24, 2.45) is 0 Å². The summed E-state index contributed by atoms with van der Waals surface area (Å²) < 4.78 is 11.9. The average Bonchev–Trinajstić information content (AvgIpc) is 2.90. The molecule has 0 unspecified atom stereocenters. The van der Waals surface area contributed by atoms with Crippen LogP contribution in [0.5, 0.6) is 5.75 Å². The van der Waals surface area contributed by atoms with Crippen LogP contribution in [0.4, 0.5) is 0 Å². The summed E-state index contributed by atoms with van der Waals surface area (Å²) in [5, 5.41) is 11.2. The topological polar surface area (TPSA) is 104 Å². The molecule has 2 rings (SSSR count). The van der Waals surface area contributed by atoms with Gasteiger partial charge in [0.25, 0.3) is 0 Å². The predicted molar refractivity (Wildman–Crippen MR) is 96.0 cm³/mol. The average molecular weight is 365 g/mol. The minimum atomic E-state index is -0.113. The number of aryl methyl sites for hydroxylation is 2. The third-order valence-electron chi connectivity index (χ3n) is 3.26. The van der Waals surface area contributed by atoms with E-state index in [2.05, 4.69) is 21.6 Å². The molecule has 1 aromatic carbocycles. The van der Waals surface area contributed by atoms with Crippen molar-refractivity contribution in [3.05, 3.63) is 35.2 Å². The van der Waals surface area contributed by atoms with Gasteiger partial charge in [0, 0.05) is 13.7 Å². The molecule has 0 saturated heterocycles. The van der Waals surface area contributed by atoms with Crippen LogP contribution in [0.1, 0.15) is 17.0 Å². The standard InChI is InChI=1S/C16H23N5O3S/c1-11-6-12(2)8-13(7-11)24-9-14-19-20-16(21(14)17)25-10-15(22)18-4-5-23-3/h6-8H,4-5,9-10,17H2,1-3H3,(H,18,22). The normalized spacial score (nSPS) is 10.7. The number of nitrogen functional groups attached to an aromatic ring is 1. The van der Waals surface area contributed by atoms with E-state index in [4.69, 9.17) is 15.3 Å². The quantitative estimate of drug-likeness (QED) is 0.389. The highest BCUT2D eigenvalue weighted by atomic mass is 32.2. The zero-order chi connectivity index (χ0) is 18.2. The highest BCUT2D eigenvalue weighted by Crippen LogP contribution is 2.18. The molecule has 1 aromatic heterocycles. The number of nitrogens with two attached hydrogens (primary N) is 1. The van der Waals surface area contributed by atoms with Crippen molar-refractivity contribution < 1.29 is 14.3 Å². The predicted octanol–water partition coefficient (Wildman–Crippen LogP) is 1.04. The monoisotopic (exact) mass is 365 g/mol. The van der Waals surface area contributed by atoms with Crippen LogP contribution in [0.3, 0.4) is 0 Å². The number of hydrogen-bond donors (Lipinski definition) is 2. The number of nitrogens with one attached hydrogen (secondary N) is 1. The Balaban J connectivity index is 1.86. The molecule has 1 heterocycles. The van der Waals surface area contributed by atoms with Gasteiger partial charge in [0.15, 0.2) is 5.82 Å². The Bertz CT molecular complexity index is 700. The summed E-state index contributed by atoms with van der Waals surface area (Å²) in [4.78, 5) is 11.7. The van der Waals surface area contributed by atoms with Crippen LogP contribution in [-0.4, -0.2) is 46.8 Å². The minimum absolute atomic E-state index is 0.113. The van der Waals surface area contributed by atoms with Crippen LogP contribution in [-0.2, 0) is 16.1 Å². The van der Waals surface area contributed by atoms with E-state index >= 15 is 0 Å². The highest BCUT2D eigenvalue weighted by molar-refractivity contribution is 7.99. The van der Waals surface area contributed by atoms with Crippen LogP contribution in [0.2, 0.25) is 0 Å². The van der Waals surface area contributed by atoms with Crippen LogP contribution < -0.4 is 15.9 Å². The van der Waals surface area contributed by atoms with Gasteiger partial charge in [-0.3, -0.25) is 4.79 Å². The maximum atomic E-state index is 11.7. The molecule has 9 heteroatoms. The van der Waals surface area contributed by atoms with Gasteiger partial charge in [-0.25, -0.2) is 4.68 Å². The maximum Gasteiger partial charge on any atom is 0.230 e. The lowest BCUT2D eigenvalue weighted by molar-refractivity contribution is -0.118. The van der Waals surface area contributed by atoms with Crippen molar-refractivity contribution in [2.45, 2.75) is 25.6 Å². The van der Waals surface area contributed by atoms with Gasteiger partial charge in [0.05, 0.1) is 12.4 Å². The molecule has 0 fully saturated rings. The molecule has 8 nitrogen and oxygen atoms in total. The van der Waals surface area contributed by atoms with Gasteiger partial charge in [0.2, 0.25) is 11.1 Å². The summed E-state index contributed by atoms with van der Waals surface area (Å²) in [5.74, 6) is 7.31. The maximum absolute atomic E-state index is 11.7. The lowest BCUT2D eigenvalue weighted by Crippen LogP contribution is -2.28. The number of methoxy groups -OCH3 is 1. The molecule has 0 aliphatic rings. The van der Waals surface area contributed by atoms with Gasteiger partial charge in [-0.2, -0.15) is 0 Å². The summed E-state index contributed by atoms with van der Waals surface area (Å²) in [6.07, 6.45) is 0. The van der Waals surface area contributed by atoms with Crippen LogP contribution in [0.25, 0.3) is 0 Å². The van der Waals surface area contributed by atoms with Gasteiger partial charge in [-0.15, -0.1) is 10.2 Å². The molecule has 25 heavy (non-hydrogen) atoms. The molecule has 0 bridgehead atoms. The summed E-state index contributed by atoms with van der Waals surface area (Å²) in [5.41, 5.74) is 2.25. The first-order chi connectivity index (χ1) is 12.0. The van der Waals surface area contributed by atoms with Gasteiger partial charge in [-0.1, -0.05) is 17.8 Å². The highest BCUT2D eigenvalue weighted by Gasteiger charge is 2.13. The molecule has 0 radical (unpaired) electrons. The Morgan fingerprint density at radius 2 is 2.00 bits per heavy atom. The van der Waals surface area contributed by atoms with Gasteiger partial charge in [-0.05, 0) is 37.1 Å². The Hall–Kier alpha value is -2.26. The number of nitrogens with zero attached hydrogens (tertiary/aromatic N) is 3. The first-order valence-electron chi connectivity index (χ1n) is 7.78. The van der Waals surface area contributed by atoms with Crippen molar-refractivity contribution in [3.8, 4) is 5.75 Å². The molecule has 3 N–H and O–H groups in total. The van der Waals surface area contributed by atoms with Gasteiger partial charge < -0.3 is 20.6 Å². The Kier molecular flexibility index (Phi) is 7.08. The van der Waals surface area contributed by atoms with Crippen molar-refractivity contribution in [2.75, 3.05) is 31.9 Å². The third-order valence-corrected chi connectivity index (χ3v) is 4.20. The second-order valence-corrected chi connectivity index (χ2v) is 6.45. The second-order valence-electron chi connectivity index (χ2n) is 5.51. The van der Waals surface area contributed by atoms with Crippen molar-refractivity contribution in [3.63, 3.8) is 0 Å². The zero-order valence-corrected chi connectivity index (χ0v) is 15.4. The summed E-state index contributed by atoms with van der Waals surface area (Å²) in [7, 11) is 1.58. The van der Waals surface area contributed by atoms with E-state index in [1.807, 2.05) is 26.0 Å². The Morgan fingerprint density at radius 1 is 1.28 bits per heavy atom. The number of thioether (sulfide) groups is 1. The van der Waals surface area contributed by atoms with Gasteiger partial charge in [0.1, 0.15) is 12.4 Å². The number of benzene rings is 1. The number of hydrogen-bond acceptors (Lipinski definition) is 7. The van der Waals surface area contributed by atoms with Crippen LogP contribution in [0.15, 0.2) is 23.4 Å².